The summed E-state index contributed by atoms with van der Waals surface area (Å²) in [6, 6.07) is 0. The van der Waals surface area contributed by atoms with Gasteiger partial charge in [0.25, 0.3) is 0 Å². The summed E-state index contributed by atoms with van der Waals surface area (Å²) >= 11 is 0. The predicted molar refractivity (Wildman–Crippen MR) is 52.2 cm³/mol. The Morgan fingerprint density at radius 1 is 1.17 bits per heavy atom. The van der Waals surface area contributed by atoms with Gasteiger partial charge in [-0.1, -0.05) is 19.8 Å². The molecule has 1 saturated carbocycles. The van der Waals surface area contributed by atoms with Gasteiger partial charge in [0.15, 0.2) is 0 Å². The zero-order valence-electron chi connectivity index (χ0n) is 8.47. The molecule has 1 aliphatic carbocycles. The third kappa shape index (κ3) is 1.10. The summed E-state index contributed by atoms with van der Waals surface area (Å²) in [5, 5.41) is 0. The van der Waals surface area contributed by atoms with E-state index in [1.807, 2.05) is 0 Å². The molecule has 2 rings (SSSR count). The summed E-state index contributed by atoms with van der Waals surface area (Å²) in [4.78, 5) is 2.64. The topological polar surface area (TPSA) is 3.24 Å². The van der Waals surface area contributed by atoms with Gasteiger partial charge in [-0.05, 0) is 45.2 Å². The van der Waals surface area contributed by atoms with Crippen molar-refractivity contribution < 1.29 is 0 Å². The molecular weight excluding hydrogens is 146 g/mol. The van der Waals surface area contributed by atoms with Crippen molar-refractivity contribution in [1.82, 2.24) is 4.90 Å². The maximum Gasteiger partial charge on any atom is 0.0232 e. The molecule has 1 saturated heterocycles. The lowest BCUT2D eigenvalue weighted by atomic mass is 9.72. The Labute approximate surface area is 76.1 Å². The van der Waals surface area contributed by atoms with E-state index in [-0.39, 0.29) is 0 Å². The summed E-state index contributed by atoms with van der Waals surface area (Å²) in [7, 11) is 2.33. The molecule has 0 amide bonds. The molecule has 12 heavy (non-hydrogen) atoms. The van der Waals surface area contributed by atoms with E-state index in [4.69, 9.17) is 0 Å². The second-order valence-corrected chi connectivity index (χ2v) is 4.78. The highest BCUT2D eigenvalue weighted by Gasteiger charge is 2.43. The van der Waals surface area contributed by atoms with Crippen LogP contribution in [0.1, 0.15) is 45.4 Å². The van der Waals surface area contributed by atoms with Gasteiger partial charge in [-0.3, -0.25) is 0 Å². The largest absolute Gasteiger partial charge is 0.300 e. The zero-order chi connectivity index (χ0) is 8.60. The third-order valence-electron chi connectivity index (χ3n) is 4.28. The maximum absolute atomic E-state index is 2.64. The molecule has 0 aromatic carbocycles. The van der Waals surface area contributed by atoms with Crippen LogP contribution >= 0.6 is 0 Å². The Morgan fingerprint density at radius 3 is 2.50 bits per heavy atom. The van der Waals surface area contributed by atoms with Crippen molar-refractivity contribution in [2.75, 3.05) is 13.6 Å². The molecule has 0 N–H and O–H groups in total. The molecule has 1 spiro atoms. The molecule has 2 aliphatic rings. The van der Waals surface area contributed by atoms with Crippen LogP contribution in [0.15, 0.2) is 0 Å². The lowest BCUT2D eigenvalue weighted by Gasteiger charge is -2.45. The fourth-order valence-corrected chi connectivity index (χ4v) is 3.37. The summed E-state index contributed by atoms with van der Waals surface area (Å²) in [6.07, 6.45) is 8.76. The van der Waals surface area contributed by atoms with Gasteiger partial charge in [0, 0.05) is 5.54 Å². The lowest BCUT2D eigenvalue weighted by molar-refractivity contribution is 0.0639. The molecule has 0 aromatic rings. The van der Waals surface area contributed by atoms with Crippen molar-refractivity contribution in [2.45, 2.75) is 51.0 Å². The van der Waals surface area contributed by atoms with Gasteiger partial charge in [0.2, 0.25) is 0 Å². The molecule has 1 nitrogen and oxygen atoms in total. The first-order valence-electron chi connectivity index (χ1n) is 5.47. The van der Waals surface area contributed by atoms with E-state index in [0.29, 0.717) is 5.54 Å². The number of hydrogen-bond acceptors (Lipinski definition) is 1. The smallest absolute Gasteiger partial charge is 0.0232 e. The average Bonchev–Trinajstić information content (AvgIpc) is 2.41. The van der Waals surface area contributed by atoms with Crippen LogP contribution in [0.2, 0.25) is 0 Å². The fourth-order valence-electron chi connectivity index (χ4n) is 3.37. The number of likely N-dealkylation sites (tertiary alicyclic amines) is 1. The van der Waals surface area contributed by atoms with Gasteiger partial charge in [0.05, 0.1) is 0 Å². The van der Waals surface area contributed by atoms with E-state index in [2.05, 4.69) is 18.9 Å². The number of hydrogen-bond donors (Lipinski definition) is 0. The van der Waals surface area contributed by atoms with Gasteiger partial charge < -0.3 is 4.90 Å². The number of rotatable bonds is 0. The Kier molecular flexibility index (Phi) is 2.16. The highest BCUT2D eigenvalue weighted by molar-refractivity contribution is 4.99. The van der Waals surface area contributed by atoms with Crippen LogP contribution < -0.4 is 0 Å². The SMILES string of the molecule is C[C@@H]1CCCC[C@]12CCCN2C. The van der Waals surface area contributed by atoms with E-state index >= 15 is 0 Å². The first-order chi connectivity index (χ1) is 5.76. The minimum atomic E-state index is 0.623. The van der Waals surface area contributed by atoms with Gasteiger partial charge in [-0.15, -0.1) is 0 Å². The molecule has 0 radical (unpaired) electrons. The van der Waals surface area contributed by atoms with Crippen molar-refractivity contribution in [3.63, 3.8) is 0 Å². The van der Waals surface area contributed by atoms with E-state index in [1.165, 1.54) is 45.1 Å². The van der Waals surface area contributed by atoms with Crippen LogP contribution in [0.4, 0.5) is 0 Å². The van der Waals surface area contributed by atoms with E-state index in [1.54, 1.807) is 0 Å². The van der Waals surface area contributed by atoms with Crippen molar-refractivity contribution in [2.24, 2.45) is 5.92 Å². The molecule has 1 aliphatic heterocycles. The third-order valence-corrected chi connectivity index (χ3v) is 4.28. The first-order valence-corrected chi connectivity index (χ1v) is 5.47. The maximum atomic E-state index is 2.64. The van der Waals surface area contributed by atoms with E-state index < -0.39 is 0 Å². The van der Waals surface area contributed by atoms with Crippen LogP contribution in [0.25, 0.3) is 0 Å². The highest BCUT2D eigenvalue weighted by Crippen LogP contribution is 2.44. The lowest BCUT2D eigenvalue weighted by Crippen LogP contribution is -2.48. The molecule has 0 aromatic heterocycles. The second kappa shape index (κ2) is 3.02. The van der Waals surface area contributed by atoms with E-state index in [0.717, 1.165) is 5.92 Å². The monoisotopic (exact) mass is 167 g/mol. The first kappa shape index (κ1) is 8.55. The Balaban J connectivity index is 2.15. The van der Waals surface area contributed by atoms with E-state index in [9.17, 15) is 0 Å². The van der Waals surface area contributed by atoms with Gasteiger partial charge in [-0.25, -0.2) is 0 Å². The van der Waals surface area contributed by atoms with Crippen molar-refractivity contribution in [3.8, 4) is 0 Å². The van der Waals surface area contributed by atoms with Gasteiger partial charge in [-0.2, -0.15) is 0 Å². The molecule has 1 heterocycles. The summed E-state index contributed by atoms with van der Waals surface area (Å²) in [5.74, 6) is 0.943. The fraction of sp³-hybridized carbons (Fsp3) is 1.00. The average molecular weight is 167 g/mol. The van der Waals surface area contributed by atoms with Crippen LogP contribution in [0.3, 0.4) is 0 Å². The van der Waals surface area contributed by atoms with Gasteiger partial charge >= 0.3 is 0 Å². The van der Waals surface area contributed by atoms with Crippen molar-refractivity contribution in [1.29, 1.82) is 0 Å². The Morgan fingerprint density at radius 2 is 1.92 bits per heavy atom. The van der Waals surface area contributed by atoms with Crippen LogP contribution in [-0.4, -0.2) is 24.0 Å². The molecule has 2 fully saturated rings. The van der Waals surface area contributed by atoms with Crippen molar-refractivity contribution in [3.05, 3.63) is 0 Å². The number of nitrogens with zero attached hydrogens (tertiary/aromatic N) is 1. The zero-order valence-corrected chi connectivity index (χ0v) is 8.47. The second-order valence-electron chi connectivity index (χ2n) is 4.78. The normalized spacial score (nSPS) is 44.0. The molecule has 70 valence electrons. The minimum absolute atomic E-state index is 0.623. The Hall–Kier alpha value is -0.0400. The summed E-state index contributed by atoms with van der Waals surface area (Å²) in [5.41, 5.74) is 0.623. The summed E-state index contributed by atoms with van der Waals surface area (Å²) < 4.78 is 0. The molecule has 0 bridgehead atoms. The summed E-state index contributed by atoms with van der Waals surface area (Å²) in [6.45, 7) is 3.80. The van der Waals surface area contributed by atoms with Crippen LogP contribution in [0, 0.1) is 5.92 Å². The van der Waals surface area contributed by atoms with Crippen molar-refractivity contribution >= 4 is 0 Å². The molecule has 1 heteroatoms. The van der Waals surface area contributed by atoms with Crippen LogP contribution in [0.5, 0.6) is 0 Å². The standard InChI is InChI=1S/C11H21N/c1-10-6-3-4-7-11(10)8-5-9-12(11)2/h10H,3-9H2,1-2H3/t10-,11+/m1/s1. The van der Waals surface area contributed by atoms with Crippen LogP contribution in [-0.2, 0) is 0 Å². The van der Waals surface area contributed by atoms with Gasteiger partial charge in [0.1, 0.15) is 0 Å². The molecular formula is C11H21N. The quantitative estimate of drug-likeness (QED) is 0.536. The highest BCUT2D eigenvalue weighted by atomic mass is 15.2. The minimum Gasteiger partial charge on any atom is -0.300 e. The predicted octanol–water partition coefficient (Wildman–Crippen LogP) is 2.66. The molecule has 2 atom stereocenters. The Bertz CT molecular complexity index is 166. The molecule has 0 unspecified atom stereocenters.